The minimum Gasteiger partial charge on any atom is -0.374 e. The number of rotatable bonds is 6. The Balaban J connectivity index is 1.88. The Morgan fingerprint density at radius 2 is 2.05 bits per heavy atom. The van der Waals surface area contributed by atoms with Crippen molar-refractivity contribution in [2.45, 2.75) is 32.2 Å². The van der Waals surface area contributed by atoms with Gasteiger partial charge in [-0.15, -0.1) is 0 Å². The largest absolute Gasteiger partial charge is 0.374 e. The molecule has 3 nitrogen and oxygen atoms in total. The summed E-state index contributed by atoms with van der Waals surface area (Å²) >= 11 is 0. The van der Waals surface area contributed by atoms with Crippen molar-refractivity contribution >= 4 is 5.69 Å². The fourth-order valence-corrected chi connectivity index (χ4v) is 3.00. The Morgan fingerprint density at radius 1 is 1.35 bits per heavy atom. The minimum atomic E-state index is 0.285. The van der Waals surface area contributed by atoms with Crippen molar-refractivity contribution in [3.05, 3.63) is 29.8 Å². The van der Waals surface area contributed by atoms with Crippen LogP contribution in [0.2, 0.25) is 0 Å². The molecule has 2 unspecified atom stereocenters. The molecular formula is C17H29N3. The molecule has 3 heteroatoms. The average molecular weight is 275 g/mol. The fraction of sp³-hybridized carbons (Fsp3) is 0.647. The monoisotopic (exact) mass is 275 g/mol. The first kappa shape index (κ1) is 15.3. The minimum absolute atomic E-state index is 0.285. The molecule has 20 heavy (non-hydrogen) atoms. The van der Waals surface area contributed by atoms with Gasteiger partial charge in [-0.05, 0) is 56.5 Å². The van der Waals surface area contributed by atoms with E-state index in [1.165, 1.54) is 30.8 Å². The van der Waals surface area contributed by atoms with E-state index in [9.17, 15) is 0 Å². The molecule has 1 aromatic carbocycles. The molecular weight excluding hydrogens is 246 g/mol. The van der Waals surface area contributed by atoms with Crippen molar-refractivity contribution in [3.63, 3.8) is 0 Å². The first-order valence-corrected chi connectivity index (χ1v) is 7.82. The number of anilines is 1. The van der Waals surface area contributed by atoms with Gasteiger partial charge in [0, 0.05) is 31.9 Å². The lowest BCUT2D eigenvalue weighted by molar-refractivity contribution is 0.396. The maximum absolute atomic E-state index is 6.01. The van der Waals surface area contributed by atoms with Crippen LogP contribution in [0.5, 0.6) is 0 Å². The van der Waals surface area contributed by atoms with Crippen molar-refractivity contribution in [1.82, 2.24) is 4.90 Å². The summed E-state index contributed by atoms with van der Waals surface area (Å²) in [5.41, 5.74) is 8.67. The molecule has 0 aromatic heterocycles. The maximum Gasteiger partial charge on any atom is 0.0363 e. The molecule has 1 aliphatic rings. The number of benzene rings is 1. The van der Waals surface area contributed by atoms with E-state index in [1.807, 2.05) is 0 Å². The van der Waals surface area contributed by atoms with E-state index in [1.54, 1.807) is 0 Å². The molecule has 0 aliphatic carbocycles. The number of likely N-dealkylation sites (tertiary alicyclic amines) is 1. The normalized spacial score (nSPS) is 21.1. The van der Waals surface area contributed by atoms with Crippen molar-refractivity contribution in [2.24, 2.45) is 11.7 Å². The van der Waals surface area contributed by atoms with E-state index in [0.29, 0.717) is 0 Å². The second-order valence-corrected chi connectivity index (χ2v) is 6.34. The number of nitrogens with two attached hydrogens (primary N) is 1. The predicted octanol–water partition coefficient (Wildman–Crippen LogP) is 2.35. The molecule has 0 spiro atoms. The number of hydrogen-bond donors (Lipinski definition) is 1. The lowest BCUT2D eigenvalue weighted by atomic mass is 10.0. The lowest BCUT2D eigenvalue weighted by Gasteiger charge is -2.23. The van der Waals surface area contributed by atoms with Crippen molar-refractivity contribution in [3.8, 4) is 0 Å². The van der Waals surface area contributed by atoms with Crippen molar-refractivity contribution in [2.75, 3.05) is 38.6 Å². The Bertz CT molecular complexity index is 401. The fourth-order valence-electron chi connectivity index (χ4n) is 3.00. The van der Waals surface area contributed by atoms with Gasteiger partial charge in [0.25, 0.3) is 0 Å². The molecule has 0 amide bonds. The van der Waals surface area contributed by atoms with Crippen LogP contribution in [-0.2, 0) is 6.42 Å². The van der Waals surface area contributed by atoms with Gasteiger partial charge in [0.2, 0.25) is 0 Å². The second kappa shape index (κ2) is 7.09. The first-order chi connectivity index (χ1) is 9.58. The Kier molecular flexibility index (Phi) is 5.44. The summed E-state index contributed by atoms with van der Waals surface area (Å²) in [4.78, 5) is 4.81. The SMILES string of the molecule is CCC(N)Cc1ccc(N(C)CC2CCN(C)C2)cc1. The molecule has 0 bridgehead atoms. The van der Waals surface area contributed by atoms with E-state index in [4.69, 9.17) is 5.73 Å². The number of nitrogens with zero attached hydrogens (tertiary/aromatic N) is 2. The van der Waals surface area contributed by atoms with Gasteiger partial charge in [0.1, 0.15) is 0 Å². The summed E-state index contributed by atoms with van der Waals surface area (Å²) in [6.07, 6.45) is 3.34. The lowest BCUT2D eigenvalue weighted by Crippen LogP contribution is -2.27. The summed E-state index contributed by atoms with van der Waals surface area (Å²) in [6, 6.07) is 9.20. The van der Waals surface area contributed by atoms with Crippen LogP contribution in [0.3, 0.4) is 0 Å². The van der Waals surface area contributed by atoms with Gasteiger partial charge in [0.05, 0.1) is 0 Å². The van der Waals surface area contributed by atoms with Gasteiger partial charge >= 0.3 is 0 Å². The third kappa shape index (κ3) is 4.22. The van der Waals surface area contributed by atoms with E-state index < -0.39 is 0 Å². The van der Waals surface area contributed by atoms with E-state index in [-0.39, 0.29) is 6.04 Å². The third-order valence-corrected chi connectivity index (χ3v) is 4.42. The molecule has 1 heterocycles. The van der Waals surface area contributed by atoms with E-state index in [2.05, 4.69) is 55.1 Å². The molecule has 1 saturated heterocycles. The zero-order valence-corrected chi connectivity index (χ0v) is 13.2. The smallest absolute Gasteiger partial charge is 0.0363 e. The van der Waals surface area contributed by atoms with Crippen LogP contribution >= 0.6 is 0 Å². The maximum atomic E-state index is 6.01. The summed E-state index contributed by atoms with van der Waals surface area (Å²) in [6.45, 7) is 5.77. The Morgan fingerprint density at radius 3 is 2.60 bits per heavy atom. The molecule has 1 aliphatic heterocycles. The standard InChI is InChI=1S/C17H29N3/c1-4-16(18)11-14-5-7-17(8-6-14)20(3)13-15-9-10-19(2)12-15/h5-8,15-16H,4,9-13,18H2,1-3H3. The molecule has 1 aromatic rings. The highest BCUT2D eigenvalue weighted by molar-refractivity contribution is 5.47. The van der Waals surface area contributed by atoms with Gasteiger partial charge in [-0.1, -0.05) is 19.1 Å². The molecule has 2 N–H and O–H groups in total. The van der Waals surface area contributed by atoms with Crippen LogP contribution < -0.4 is 10.6 Å². The molecule has 112 valence electrons. The van der Waals surface area contributed by atoms with E-state index in [0.717, 1.165) is 25.3 Å². The molecule has 0 radical (unpaired) electrons. The quantitative estimate of drug-likeness (QED) is 0.865. The van der Waals surface area contributed by atoms with Crippen LogP contribution in [0.4, 0.5) is 5.69 Å². The predicted molar refractivity (Wildman–Crippen MR) is 87.3 cm³/mol. The van der Waals surface area contributed by atoms with Gasteiger partial charge in [0.15, 0.2) is 0 Å². The summed E-state index contributed by atoms with van der Waals surface area (Å²) < 4.78 is 0. The van der Waals surface area contributed by atoms with Gasteiger partial charge in [-0.2, -0.15) is 0 Å². The van der Waals surface area contributed by atoms with Gasteiger partial charge in [-0.25, -0.2) is 0 Å². The zero-order chi connectivity index (χ0) is 14.5. The van der Waals surface area contributed by atoms with Crippen molar-refractivity contribution < 1.29 is 0 Å². The van der Waals surface area contributed by atoms with Crippen LogP contribution in [0.15, 0.2) is 24.3 Å². The first-order valence-electron chi connectivity index (χ1n) is 7.82. The summed E-state index contributed by atoms with van der Waals surface area (Å²) in [5.74, 6) is 0.804. The van der Waals surface area contributed by atoms with Crippen molar-refractivity contribution in [1.29, 1.82) is 0 Å². The average Bonchev–Trinajstić information content (AvgIpc) is 2.84. The summed E-state index contributed by atoms with van der Waals surface area (Å²) in [5, 5.41) is 0. The molecule has 0 saturated carbocycles. The van der Waals surface area contributed by atoms with Crippen LogP contribution in [0, 0.1) is 5.92 Å². The van der Waals surface area contributed by atoms with Crippen LogP contribution in [-0.4, -0.2) is 44.7 Å². The second-order valence-electron chi connectivity index (χ2n) is 6.34. The number of hydrogen-bond acceptors (Lipinski definition) is 3. The van der Waals surface area contributed by atoms with E-state index >= 15 is 0 Å². The zero-order valence-electron chi connectivity index (χ0n) is 13.2. The highest BCUT2D eigenvalue weighted by atomic mass is 15.1. The summed E-state index contributed by atoms with van der Waals surface area (Å²) in [7, 11) is 4.41. The molecule has 2 rings (SSSR count). The highest BCUT2D eigenvalue weighted by Crippen LogP contribution is 2.20. The van der Waals surface area contributed by atoms with Crippen LogP contribution in [0.25, 0.3) is 0 Å². The third-order valence-electron chi connectivity index (χ3n) is 4.42. The van der Waals surface area contributed by atoms with Gasteiger partial charge < -0.3 is 15.5 Å². The highest BCUT2D eigenvalue weighted by Gasteiger charge is 2.20. The Hall–Kier alpha value is -1.06. The molecule has 2 atom stereocenters. The van der Waals surface area contributed by atoms with Gasteiger partial charge in [-0.3, -0.25) is 0 Å². The molecule has 1 fully saturated rings. The Labute approximate surface area is 123 Å². The van der Waals surface area contributed by atoms with Crippen LogP contribution in [0.1, 0.15) is 25.3 Å². The topological polar surface area (TPSA) is 32.5 Å².